The first kappa shape index (κ1) is 24.9. The van der Waals surface area contributed by atoms with E-state index in [1.807, 2.05) is 0 Å². The zero-order chi connectivity index (χ0) is 26.0. The molecule has 9 nitrogen and oxygen atoms in total. The standard InChI is InChI=1S/C25H18Cl2N2O7/c1-34-15-8-10-18(20(12-15)35-2)29-23(31)21(27)22(24(29)32)28-14-5-3-13(4-6-14)25(33)36-16-7-9-17(26)19(30)11-16/h3-12,28,30H,1-2H3. The van der Waals surface area contributed by atoms with Gasteiger partial charge in [0.15, 0.2) is 0 Å². The summed E-state index contributed by atoms with van der Waals surface area (Å²) >= 11 is 12.0. The highest BCUT2D eigenvalue weighted by atomic mass is 35.5. The van der Waals surface area contributed by atoms with Crippen LogP contribution in [0.5, 0.6) is 23.0 Å². The van der Waals surface area contributed by atoms with Crippen LogP contribution in [0.25, 0.3) is 0 Å². The smallest absolute Gasteiger partial charge is 0.343 e. The van der Waals surface area contributed by atoms with Gasteiger partial charge in [0.1, 0.15) is 33.7 Å². The molecule has 0 bridgehead atoms. The van der Waals surface area contributed by atoms with E-state index in [9.17, 15) is 19.5 Å². The summed E-state index contributed by atoms with van der Waals surface area (Å²) in [6.45, 7) is 0. The van der Waals surface area contributed by atoms with Crippen LogP contribution in [0.2, 0.25) is 5.02 Å². The molecule has 3 aromatic rings. The average Bonchev–Trinajstić information content (AvgIpc) is 3.09. The van der Waals surface area contributed by atoms with E-state index in [1.165, 1.54) is 62.8 Å². The predicted octanol–water partition coefficient (Wildman–Crippen LogP) is 4.72. The topological polar surface area (TPSA) is 114 Å². The number of rotatable bonds is 7. The monoisotopic (exact) mass is 528 g/mol. The summed E-state index contributed by atoms with van der Waals surface area (Å²) in [5.74, 6) is -1.45. The molecule has 36 heavy (non-hydrogen) atoms. The van der Waals surface area contributed by atoms with E-state index in [2.05, 4.69) is 5.32 Å². The molecule has 1 heterocycles. The van der Waals surface area contributed by atoms with Gasteiger partial charge in [-0.1, -0.05) is 23.2 Å². The molecule has 0 unspecified atom stereocenters. The number of halogens is 2. The van der Waals surface area contributed by atoms with Crippen molar-refractivity contribution < 1.29 is 33.7 Å². The van der Waals surface area contributed by atoms with E-state index in [-0.39, 0.29) is 44.3 Å². The highest BCUT2D eigenvalue weighted by Crippen LogP contribution is 2.37. The van der Waals surface area contributed by atoms with Gasteiger partial charge in [0.05, 0.1) is 30.5 Å². The fraction of sp³-hybridized carbons (Fsp3) is 0.0800. The molecule has 0 saturated carbocycles. The maximum Gasteiger partial charge on any atom is 0.343 e. The van der Waals surface area contributed by atoms with Gasteiger partial charge in [0, 0.05) is 17.8 Å². The molecule has 2 amide bonds. The molecule has 0 saturated heterocycles. The van der Waals surface area contributed by atoms with Crippen LogP contribution in [0.1, 0.15) is 10.4 Å². The van der Waals surface area contributed by atoms with Crippen LogP contribution in [0.15, 0.2) is 71.4 Å². The molecule has 1 aliphatic heterocycles. The number of aromatic hydroxyl groups is 1. The van der Waals surface area contributed by atoms with Gasteiger partial charge in [0.25, 0.3) is 11.8 Å². The molecular weight excluding hydrogens is 511 g/mol. The largest absolute Gasteiger partial charge is 0.506 e. The maximum absolute atomic E-state index is 13.1. The number of imide groups is 1. The van der Waals surface area contributed by atoms with Crippen LogP contribution in [-0.2, 0) is 9.59 Å². The number of esters is 1. The molecule has 0 fully saturated rings. The Morgan fingerprint density at radius 3 is 2.22 bits per heavy atom. The maximum atomic E-state index is 13.1. The number of carbonyl (C=O) groups excluding carboxylic acids is 3. The Hall–Kier alpha value is -4.21. The fourth-order valence-corrected chi connectivity index (χ4v) is 3.69. The quantitative estimate of drug-likeness (QED) is 0.257. The van der Waals surface area contributed by atoms with Crippen molar-refractivity contribution in [1.82, 2.24) is 0 Å². The molecule has 0 spiro atoms. The van der Waals surface area contributed by atoms with Crippen LogP contribution < -0.4 is 24.4 Å². The minimum atomic E-state index is -0.723. The van der Waals surface area contributed by atoms with Crippen LogP contribution in [0.4, 0.5) is 11.4 Å². The van der Waals surface area contributed by atoms with Gasteiger partial charge in [-0.2, -0.15) is 0 Å². The van der Waals surface area contributed by atoms with E-state index in [1.54, 1.807) is 12.1 Å². The summed E-state index contributed by atoms with van der Waals surface area (Å²) in [4.78, 5) is 39.2. The number of nitrogens with one attached hydrogen (secondary N) is 1. The summed E-state index contributed by atoms with van der Waals surface area (Å²) < 4.78 is 15.7. The summed E-state index contributed by atoms with van der Waals surface area (Å²) in [6.07, 6.45) is 0. The van der Waals surface area contributed by atoms with Crippen LogP contribution >= 0.6 is 23.2 Å². The summed E-state index contributed by atoms with van der Waals surface area (Å²) in [5.41, 5.74) is 0.670. The Morgan fingerprint density at radius 1 is 0.889 bits per heavy atom. The lowest BCUT2D eigenvalue weighted by Gasteiger charge is -2.18. The first-order valence-electron chi connectivity index (χ1n) is 10.3. The third-order valence-electron chi connectivity index (χ3n) is 5.17. The van der Waals surface area contributed by atoms with Crippen molar-refractivity contribution in [2.24, 2.45) is 0 Å². The van der Waals surface area contributed by atoms with Gasteiger partial charge in [-0.3, -0.25) is 9.59 Å². The average molecular weight is 529 g/mol. The van der Waals surface area contributed by atoms with Crippen molar-refractivity contribution >= 4 is 52.4 Å². The van der Waals surface area contributed by atoms with Gasteiger partial charge in [-0.05, 0) is 48.5 Å². The second-order valence-corrected chi connectivity index (χ2v) is 8.16. The number of phenolic OH excluding ortho intramolecular Hbond substituents is 1. The van der Waals surface area contributed by atoms with E-state index in [0.29, 0.717) is 11.4 Å². The third-order valence-corrected chi connectivity index (χ3v) is 5.84. The van der Waals surface area contributed by atoms with Gasteiger partial charge in [-0.25, -0.2) is 9.69 Å². The number of methoxy groups -OCH3 is 2. The van der Waals surface area contributed by atoms with E-state index >= 15 is 0 Å². The first-order chi connectivity index (χ1) is 17.2. The zero-order valence-electron chi connectivity index (χ0n) is 18.9. The van der Waals surface area contributed by atoms with Crippen molar-refractivity contribution in [3.05, 3.63) is 82.0 Å². The van der Waals surface area contributed by atoms with E-state index in [0.717, 1.165) is 4.90 Å². The van der Waals surface area contributed by atoms with Crippen LogP contribution in [0, 0.1) is 0 Å². The SMILES string of the molecule is COc1ccc(N2C(=O)C(Cl)=C(Nc3ccc(C(=O)Oc4ccc(Cl)c(O)c4)cc3)C2=O)c(OC)c1. The Bertz CT molecular complexity index is 1400. The summed E-state index contributed by atoms with van der Waals surface area (Å²) in [5, 5.41) is 12.3. The molecule has 0 atom stereocenters. The number of phenols is 1. The van der Waals surface area contributed by atoms with Gasteiger partial charge in [0.2, 0.25) is 0 Å². The number of ether oxygens (including phenoxy) is 3. The second kappa shape index (κ2) is 10.2. The molecule has 0 aliphatic carbocycles. The molecule has 0 aromatic heterocycles. The van der Waals surface area contributed by atoms with E-state index < -0.39 is 17.8 Å². The Morgan fingerprint density at radius 2 is 1.58 bits per heavy atom. The van der Waals surface area contributed by atoms with Gasteiger partial charge in [-0.15, -0.1) is 0 Å². The zero-order valence-corrected chi connectivity index (χ0v) is 20.4. The Balaban J connectivity index is 1.50. The summed E-state index contributed by atoms with van der Waals surface area (Å²) in [7, 11) is 2.88. The van der Waals surface area contributed by atoms with Crippen molar-refractivity contribution in [3.63, 3.8) is 0 Å². The second-order valence-electron chi connectivity index (χ2n) is 7.38. The molecule has 3 aromatic carbocycles. The normalized spacial score (nSPS) is 13.2. The van der Waals surface area contributed by atoms with Crippen molar-refractivity contribution in [1.29, 1.82) is 0 Å². The molecule has 2 N–H and O–H groups in total. The lowest BCUT2D eigenvalue weighted by molar-refractivity contribution is -0.120. The Kier molecular flexibility index (Phi) is 7.05. The minimum Gasteiger partial charge on any atom is -0.506 e. The number of amides is 2. The predicted molar refractivity (Wildman–Crippen MR) is 133 cm³/mol. The highest BCUT2D eigenvalue weighted by molar-refractivity contribution is 6.53. The van der Waals surface area contributed by atoms with Crippen molar-refractivity contribution in [2.75, 3.05) is 24.4 Å². The molecule has 0 radical (unpaired) electrons. The number of benzene rings is 3. The van der Waals surface area contributed by atoms with Gasteiger partial charge >= 0.3 is 5.97 Å². The number of anilines is 2. The van der Waals surface area contributed by atoms with Crippen LogP contribution in [-0.4, -0.2) is 37.1 Å². The van der Waals surface area contributed by atoms with Crippen molar-refractivity contribution in [3.8, 4) is 23.0 Å². The van der Waals surface area contributed by atoms with Crippen LogP contribution in [0.3, 0.4) is 0 Å². The number of hydrogen-bond acceptors (Lipinski definition) is 8. The number of nitrogens with zero attached hydrogens (tertiary/aromatic N) is 1. The molecule has 1 aliphatic rings. The van der Waals surface area contributed by atoms with Gasteiger partial charge < -0.3 is 24.6 Å². The third kappa shape index (κ3) is 4.79. The minimum absolute atomic E-state index is 0.116. The lowest BCUT2D eigenvalue weighted by Crippen LogP contribution is -2.32. The number of hydrogen-bond donors (Lipinski definition) is 2. The number of carbonyl (C=O) groups is 3. The van der Waals surface area contributed by atoms with E-state index in [4.69, 9.17) is 37.4 Å². The van der Waals surface area contributed by atoms with Crippen molar-refractivity contribution in [2.45, 2.75) is 0 Å². The highest BCUT2D eigenvalue weighted by Gasteiger charge is 2.40. The molecule has 184 valence electrons. The molecular formula is C25H18Cl2N2O7. The molecule has 4 rings (SSSR count). The lowest BCUT2D eigenvalue weighted by atomic mass is 10.2. The first-order valence-corrected chi connectivity index (χ1v) is 11.1. The fourth-order valence-electron chi connectivity index (χ4n) is 3.36. The summed E-state index contributed by atoms with van der Waals surface area (Å²) in [6, 6.07) is 14.6. The Labute approximate surface area is 215 Å². The molecule has 11 heteroatoms.